The Balaban J connectivity index is 2.45. The summed E-state index contributed by atoms with van der Waals surface area (Å²) in [7, 11) is 0. The lowest BCUT2D eigenvalue weighted by atomic mass is 10.1. The Morgan fingerprint density at radius 3 is 2.53 bits per heavy atom. The summed E-state index contributed by atoms with van der Waals surface area (Å²) in [4.78, 5) is 22.2. The molecule has 0 spiro atoms. The van der Waals surface area contributed by atoms with Crippen molar-refractivity contribution in [1.82, 2.24) is 10.6 Å². The van der Waals surface area contributed by atoms with E-state index in [-0.39, 0.29) is 23.9 Å². The van der Waals surface area contributed by atoms with Gasteiger partial charge < -0.3 is 15.4 Å². The van der Waals surface area contributed by atoms with Crippen LogP contribution in [0.1, 0.15) is 13.3 Å². The van der Waals surface area contributed by atoms with E-state index in [2.05, 4.69) is 17.2 Å². The number of rotatable bonds is 4. The van der Waals surface area contributed by atoms with Crippen molar-refractivity contribution in [3.05, 3.63) is 12.7 Å². The molecule has 2 atom stereocenters. The van der Waals surface area contributed by atoms with Gasteiger partial charge in [-0.1, -0.05) is 13.5 Å². The van der Waals surface area contributed by atoms with Gasteiger partial charge in [0.1, 0.15) is 0 Å². The number of nitrogens with one attached hydrogen (secondary N) is 2. The molecule has 1 rings (SSSR count). The summed E-state index contributed by atoms with van der Waals surface area (Å²) in [6, 6.07) is -0.299. The standard InChI is InChI=1S/C10H16N2O3/c1-3-9(13)11-7-5-15-6-8(7)12-10(14)4-2/h3,7-8H,1,4-6H2,2H3,(H,11,13)(H,12,14). The first kappa shape index (κ1) is 11.7. The molecular formula is C10H16N2O3. The number of carbonyl (C=O) groups excluding carboxylic acids is 2. The topological polar surface area (TPSA) is 67.4 Å². The fourth-order valence-corrected chi connectivity index (χ4v) is 1.39. The van der Waals surface area contributed by atoms with Gasteiger partial charge in [-0.25, -0.2) is 0 Å². The minimum atomic E-state index is -0.249. The molecule has 2 amide bonds. The van der Waals surface area contributed by atoms with Gasteiger partial charge >= 0.3 is 0 Å². The SMILES string of the molecule is C=CC(=O)NC1COCC1NC(=O)CC. The Morgan fingerprint density at radius 1 is 1.40 bits per heavy atom. The molecule has 1 aliphatic rings. The van der Waals surface area contributed by atoms with Gasteiger partial charge in [0.2, 0.25) is 11.8 Å². The van der Waals surface area contributed by atoms with Crippen molar-refractivity contribution in [3.8, 4) is 0 Å². The maximum absolute atomic E-state index is 11.2. The van der Waals surface area contributed by atoms with E-state index in [9.17, 15) is 9.59 Å². The molecule has 1 heterocycles. The second kappa shape index (κ2) is 5.50. The molecule has 0 aromatic rings. The summed E-state index contributed by atoms with van der Waals surface area (Å²) < 4.78 is 5.20. The zero-order chi connectivity index (χ0) is 11.3. The lowest BCUT2D eigenvalue weighted by Crippen LogP contribution is -2.50. The van der Waals surface area contributed by atoms with Crippen molar-refractivity contribution in [3.63, 3.8) is 0 Å². The van der Waals surface area contributed by atoms with Crippen LogP contribution < -0.4 is 10.6 Å². The zero-order valence-corrected chi connectivity index (χ0v) is 8.79. The van der Waals surface area contributed by atoms with E-state index < -0.39 is 0 Å². The van der Waals surface area contributed by atoms with Gasteiger partial charge in [-0.2, -0.15) is 0 Å². The number of ether oxygens (including phenoxy) is 1. The Hall–Kier alpha value is -1.36. The lowest BCUT2D eigenvalue weighted by molar-refractivity contribution is -0.122. The van der Waals surface area contributed by atoms with Gasteiger partial charge in [0, 0.05) is 6.42 Å². The van der Waals surface area contributed by atoms with Crippen LogP contribution in [0.5, 0.6) is 0 Å². The summed E-state index contributed by atoms with van der Waals surface area (Å²) in [5.41, 5.74) is 0. The molecule has 1 fully saturated rings. The van der Waals surface area contributed by atoms with Gasteiger partial charge in [0.05, 0.1) is 25.3 Å². The van der Waals surface area contributed by atoms with Crippen molar-refractivity contribution in [2.24, 2.45) is 0 Å². The van der Waals surface area contributed by atoms with Crippen LogP contribution in [-0.4, -0.2) is 37.1 Å². The Labute approximate surface area is 88.9 Å². The number of amides is 2. The molecule has 1 aliphatic heterocycles. The van der Waals surface area contributed by atoms with Crippen LogP contribution in [-0.2, 0) is 14.3 Å². The molecule has 5 heteroatoms. The van der Waals surface area contributed by atoms with Gasteiger partial charge in [0.25, 0.3) is 0 Å². The first-order valence-corrected chi connectivity index (χ1v) is 4.97. The lowest BCUT2D eigenvalue weighted by Gasteiger charge is -2.19. The van der Waals surface area contributed by atoms with Crippen LogP contribution in [0, 0.1) is 0 Å². The fraction of sp³-hybridized carbons (Fsp3) is 0.600. The number of carbonyl (C=O) groups is 2. The molecule has 0 bridgehead atoms. The van der Waals surface area contributed by atoms with Gasteiger partial charge in [-0.05, 0) is 6.08 Å². The van der Waals surface area contributed by atoms with Crippen LogP contribution >= 0.6 is 0 Å². The Morgan fingerprint density at radius 2 is 2.00 bits per heavy atom. The Bertz CT molecular complexity index is 265. The molecule has 0 radical (unpaired) electrons. The second-order valence-corrected chi connectivity index (χ2v) is 3.38. The summed E-state index contributed by atoms with van der Waals surface area (Å²) in [6.45, 7) is 6.01. The number of hydrogen-bond acceptors (Lipinski definition) is 3. The summed E-state index contributed by atoms with van der Waals surface area (Å²) >= 11 is 0. The predicted octanol–water partition coefficient (Wildman–Crippen LogP) is -0.418. The molecule has 2 unspecified atom stereocenters. The second-order valence-electron chi connectivity index (χ2n) is 3.38. The molecule has 0 saturated carbocycles. The van der Waals surface area contributed by atoms with E-state index in [1.54, 1.807) is 6.92 Å². The smallest absolute Gasteiger partial charge is 0.243 e. The van der Waals surface area contributed by atoms with Gasteiger partial charge in [-0.3, -0.25) is 9.59 Å². The maximum atomic E-state index is 11.2. The Kier molecular flexibility index (Phi) is 4.30. The molecule has 5 nitrogen and oxygen atoms in total. The van der Waals surface area contributed by atoms with E-state index in [1.165, 1.54) is 6.08 Å². The largest absolute Gasteiger partial charge is 0.377 e. The average molecular weight is 212 g/mol. The summed E-state index contributed by atoms with van der Waals surface area (Å²) in [5.74, 6) is -0.287. The van der Waals surface area contributed by atoms with E-state index in [4.69, 9.17) is 4.74 Å². The highest BCUT2D eigenvalue weighted by molar-refractivity contribution is 5.87. The van der Waals surface area contributed by atoms with E-state index in [0.717, 1.165) is 0 Å². The molecule has 0 aliphatic carbocycles. The van der Waals surface area contributed by atoms with Crippen LogP contribution in [0.25, 0.3) is 0 Å². The third-order valence-electron chi connectivity index (χ3n) is 2.26. The van der Waals surface area contributed by atoms with Crippen molar-refractivity contribution in [2.75, 3.05) is 13.2 Å². The van der Waals surface area contributed by atoms with Crippen molar-refractivity contribution >= 4 is 11.8 Å². The molecule has 0 aromatic heterocycles. The highest BCUT2D eigenvalue weighted by Crippen LogP contribution is 2.05. The molecule has 15 heavy (non-hydrogen) atoms. The quantitative estimate of drug-likeness (QED) is 0.622. The minimum absolute atomic E-state index is 0.0386. The third-order valence-corrected chi connectivity index (χ3v) is 2.26. The van der Waals surface area contributed by atoms with Gasteiger partial charge in [-0.15, -0.1) is 0 Å². The van der Waals surface area contributed by atoms with E-state index >= 15 is 0 Å². The van der Waals surface area contributed by atoms with Crippen LogP contribution in [0.2, 0.25) is 0 Å². The fourth-order valence-electron chi connectivity index (χ4n) is 1.39. The molecule has 1 saturated heterocycles. The average Bonchev–Trinajstić information content (AvgIpc) is 2.65. The molecular weight excluding hydrogens is 196 g/mol. The molecule has 84 valence electrons. The first-order valence-electron chi connectivity index (χ1n) is 4.97. The van der Waals surface area contributed by atoms with Crippen molar-refractivity contribution in [1.29, 1.82) is 0 Å². The predicted molar refractivity (Wildman–Crippen MR) is 55.2 cm³/mol. The van der Waals surface area contributed by atoms with E-state index in [1.807, 2.05) is 0 Å². The first-order chi connectivity index (χ1) is 7.17. The third kappa shape index (κ3) is 3.36. The monoisotopic (exact) mass is 212 g/mol. The zero-order valence-electron chi connectivity index (χ0n) is 8.79. The van der Waals surface area contributed by atoms with Crippen LogP contribution in [0.3, 0.4) is 0 Å². The van der Waals surface area contributed by atoms with Crippen LogP contribution in [0.4, 0.5) is 0 Å². The number of hydrogen-bond donors (Lipinski definition) is 2. The molecule has 2 N–H and O–H groups in total. The molecule has 0 aromatic carbocycles. The van der Waals surface area contributed by atoms with E-state index in [0.29, 0.717) is 19.6 Å². The normalized spacial score (nSPS) is 24.6. The highest BCUT2D eigenvalue weighted by atomic mass is 16.5. The van der Waals surface area contributed by atoms with Crippen molar-refractivity contribution < 1.29 is 14.3 Å². The van der Waals surface area contributed by atoms with Crippen molar-refractivity contribution in [2.45, 2.75) is 25.4 Å². The summed E-state index contributed by atoms with van der Waals surface area (Å²) in [6.07, 6.45) is 1.63. The van der Waals surface area contributed by atoms with Crippen LogP contribution in [0.15, 0.2) is 12.7 Å². The summed E-state index contributed by atoms with van der Waals surface area (Å²) in [5, 5.41) is 5.51. The minimum Gasteiger partial charge on any atom is -0.377 e. The van der Waals surface area contributed by atoms with Gasteiger partial charge in [0.15, 0.2) is 0 Å². The highest BCUT2D eigenvalue weighted by Gasteiger charge is 2.29. The maximum Gasteiger partial charge on any atom is 0.243 e.